The maximum atomic E-state index is 4.96. The molecule has 3 aromatic carbocycles. The molecule has 0 aliphatic rings. The summed E-state index contributed by atoms with van der Waals surface area (Å²) in [7, 11) is 0. The molecule has 0 spiro atoms. The molecular formula is C26H30O. The lowest BCUT2D eigenvalue weighted by atomic mass is 10.1. The highest BCUT2D eigenvalue weighted by Gasteiger charge is 1.89. The Bertz CT molecular complexity index is 811. The second-order valence-corrected chi connectivity index (χ2v) is 7.33. The number of aryl methyl sites for hydroxylation is 6. The zero-order valence-corrected chi connectivity index (χ0v) is 17.3. The van der Waals surface area contributed by atoms with Gasteiger partial charge in [-0.25, -0.2) is 0 Å². The molecule has 1 heteroatoms. The minimum Gasteiger partial charge on any atom is -0.471 e. The van der Waals surface area contributed by atoms with Gasteiger partial charge in [0, 0.05) is 10.8 Å². The Kier molecular flexibility index (Phi) is 7.43. The van der Waals surface area contributed by atoms with Crippen LogP contribution in [0.15, 0.2) is 77.6 Å². The molecule has 1 nitrogen and oxygen atoms in total. The van der Waals surface area contributed by atoms with Crippen molar-refractivity contribution in [1.29, 1.82) is 0 Å². The summed E-state index contributed by atoms with van der Waals surface area (Å²) in [6.07, 6.45) is 3.49. The van der Waals surface area contributed by atoms with Crippen LogP contribution in [0.3, 0.4) is 0 Å². The van der Waals surface area contributed by atoms with Crippen LogP contribution in [0.5, 0.6) is 0 Å². The van der Waals surface area contributed by atoms with E-state index in [-0.39, 0.29) is 0 Å². The zero-order chi connectivity index (χ0) is 19.8. The Hall–Kier alpha value is -2.80. The van der Waals surface area contributed by atoms with Crippen LogP contribution in [0.1, 0.15) is 33.4 Å². The SMILES string of the molecule is Cc1cc(C)cc(C)c1.Cc1cc(C)cc(C)c1.c1ccc2cocc2c1. The predicted octanol–water partition coefficient (Wildman–Crippen LogP) is 7.66. The molecule has 0 amide bonds. The molecule has 4 rings (SSSR count). The Morgan fingerprint density at radius 1 is 0.444 bits per heavy atom. The molecule has 0 aliphatic carbocycles. The fraction of sp³-hybridized carbons (Fsp3) is 0.231. The van der Waals surface area contributed by atoms with Crippen molar-refractivity contribution < 1.29 is 4.42 Å². The van der Waals surface area contributed by atoms with Crippen LogP contribution in [0, 0.1) is 41.5 Å². The van der Waals surface area contributed by atoms with E-state index in [1.807, 2.05) is 24.3 Å². The van der Waals surface area contributed by atoms with Crippen molar-refractivity contribution in [3.05, 3.63) is 107 Å². The topological polar surface area (TPSA) is 13.1 Å². The zero-order valence-electron chi connectivity index (χ0n) is 17.3. The summed E-state index contributed by atoms with van der Waals surface area (Å²) in [5.41, 5.74) is 8.13. The van der Waals surface area contributed by atoms with Crippen LogP contribution in [-0.4, -0.2) is 0 Å². The van der Waals surface area contributed by atoms with E-state index in [1.54, 1.807) is 12.5 Å². The van der Waals surface area contributed by atoms with Crippen molar-refractivity contribution in [3.8, 4) is 0 Å². The summed E-state index contributed by atoms with van der Waals surface area (Å²) in [6, 6.07) is 21.2. The van der Waals surface area contributed by atoms with Gasteiger partial charge >= 0.3 is 0 Å². The summed E-state index contributed by atoms with van der Waals surface area (Å²) in [5, 5.41) is 2.33. The van der Waals surface area contributed by atoms with Gasteiger partial charge in [-0.05, 0) is 41.5 Å². The van der Waals surface area contributed by atoms with E-state index >= 15 is 0 Å². The van der Waals surface area contributed by atoms with Gasteiger partial charge in [0.2, 0.25) is 0 Å². The minimum atomic E-state index is 1.16. The smallest absolute Gasteiger partial charge is 0.0981 e. The molecule has 1 aromatic heterocycles. The Morgan fingerprint density at radius 2 is 0.704 bits per heavy atom. The highest BCUT2D eigenvalue weighted by molar-refractivity contribution is 5.80. The van der Waals surface area contributed by atoms with Crippen LogP contribution in [-0.2, 0) is 0 Å². The van der Waals surface area contributed by atoms with E-state index in [0.717, 1.165) is 10.8 Å². The van der Waals surface area contributed by atoms with Crippen molar-refractivity contribution in [2.24, 2.45) is 0 Å². The monoisotopic (exact) mass is 358 g/mol. The number of hydrogen-bond acceptors (Lipinski definition) is 1. The quantitative estimate of drug-likeness (QED) is 0.314. The molecule has 0 bridgehead atoms. The van der Waals surface area contributed by atoms with E-state index in [9.17, 15) is 0 Å². The third kappa shape index (κ3) is 7.15. The number of furan rings is 1. The van der Waals surface area contributed by atoms with Gasteiger partial charge in [-0.1, -0.05) is 94.0 Å². The highest BCUT2D eigenvalue weighted by atomic mass is 16.3. The van der Waals surface area contributed by atoms with E-state index in [4.69, 9.17) is 4.42 Å². The fourth-order valence-corrected chi connectivity index (χ4v) is 3.31. The Labute approximate surface area is 163 Å². The van der Waals surface area contributed by atoms with Crippen molar-refractivity contribution >= 4 is 10.8 Å². The summed E-state index contributed by atoms with van der Waals surface area (Å²) in [4.78, 5) is 0. The highest BCUT2D eigenvalue weighted by Crippen LogP contribution is 2.12. The first kappa shape index (κ1) is 20.5. The molecule has 0 atom stereocenters. The second-order valence-electron chi connectivity index (χ2n) is 7.33. The van der Waals surface area contributed by atoms with Crippen molar-refractivity contribution in [2.75, 3.05) is 0 Å². The average molecular weight is 359 g/mol. The average Bonchev–Trinajstić information content (AvgIpc) is 3.01. The third-order valence-electron chi connectivity index (χ3n) is 4.12. The second kappa shape index (κ2) is 9.78. The standard InChI is InChI=1S/2C9H12.C8H6O/c2*1-7-4-8(2)6-9(3)5-7;1-2-4-8-6-9-5-7(8)3-1/h2*4-6H,1-3H3;1-6H. The van der Waals surface area contributed by atoms with E-state index in [0.29, 0.717) is 0 Å². The van der Waals surface area contributed by atoms with Gasteiger partial charge in [0.05, 0.1) is 12.5 Å². The van der Waals surface area contributed by atoms with Gasteiger partial charge in [-0.3, -0.25) is 0 Å². The van der Waals surface area contributed by atoms with Gasteiger partial charge in [-0.15, -0.1) is 0 Å². The van der Waals surface area contributed by atoms with Gasteiger partial charge in [0.1, 0.15) is 0 Å². The summed E-state index contributed by atoms with van der Waals surface area (Å²) in [6.45, 7) is 12.8. The molecule has 1 heterocycles. The van der Waals surface area contributed by atoms with Crippen molar-refractivity contribution in [3.63, 3.8) is 0 Å². The molecular weight excluding hydrogens is 328 g/mol. The van der Waals surface area contributed by atoms with Crippen LogP contribution in [0.25, 0.3) is 10.8 Å². The number of hydrogen-bond donors (Lipinski definition) is 0. The van der Waals surface area contributed by atoms with Gasteiger partial charge < -0.3 is 4.42 Å². The van der Waals surface area contributed by atoms with Crippen LogP contribution in [0.2, 0.25) is 0 Å². The van der Waals surface area contributed by atoms with Crippen LogP contribution < -0.4 is 0 Å². The first-order valence-electron chi connectivity index (χ1n) is 9.34. The molecule has 4 aromatic rings. The fourth-order valence-electron chi connectivity index (χ4n) is 3.31. The van der Waals surface area contributed by atoms with Gasteiger partial charge in [-0.2, -0.15) is 0 Å². The first-order chi connectivity index (χ1) is 12.8. The van der Waals surface area contributed by atoms with Gasteiger partial charge in [0.15, 0.2) is 0 Å². The van der Waals surface area contributed by atoms with E-state index < -0.39 is 0 Å². The molecule has 0 saturated carbocycles. The normalized spacial score (nSPS) is 9.85. The molecule has 0 aliphatic heterocycles. The number of benzene rings is 3. The molecule has 0 radical (unpaired) electrons. The molecule has 0 unspecified atom stereocenters. The molecule has 0 N–H and O–H groups in total. The number of fused-ring (bicyclic) bond motifs is 1. The summed E-state index contributed by atoms with van der Waals surface area (Å²) in [5.74, 6) is 0. The largest absolute Gasteiger partial charge is 0.471 e. The van der Waals surface area contributed by atoms with E-state index in [1.165, 1.54) is 33.4 Å². The predicted molar refractivity (Wildman–Crippen MR) is 118 cm³/mol. The maximum Gasteiger partial charge on any atom is 0.0981 e. The van der Waals surface area contributed by atoms with Gasteiger partial charge in [0.25, 0.3) is 0 Å². The molecule has 27 heavy (non-hydrogen) atoms. The minimum absolute atomic E-state index is 1.16. The maximum absolute atomic E-state index is 4.96. The van der Waals surface area contributed by atoms with Crippen molar-refractivity contribution in [2.45, 2.75) is 41.5 Å². The van der Waals surface area contributed by atoms with Crippen LogP contribution >= 0.6 is 0 Å². The lowest BCUT2D eigenvalue weighted by Crippen LogP contribution is -1.78. The summed E-state index contributed by atoms with van der Waals surface area (Å²) < 4.78 is 4.96. The Morgan fingerprint density at radius 3 is 0.963 bits per heavy atom. The lowest BCUT2D eigenvalue weighted by molar-refractivity contribution is 0.572. The lowest BCUT2D eigenvalue weighted by Gasteiger charge is -1.96. The first-order valence-corrected chi connectivity index (χ1v) is 9.34. The third-order valence-corrected chi connectivity index (χ3v) is 4.12. The molecule has 0 saturated heterocycles. The number of rotatable bonds is 0. The molecule has 140 valence electrons. The van der Waals surface area contributed by atoms with Crippen molar-refractivity contribution in [1.82, 2.24) is 0 Å². The molecule has 0 fully saturated rings. The summed E-state index contributed by atoms with van der Waals surface area (Å²) >= 11 is 0. The van der Waals surface area contributed by atoms with E-state index in [2.05, 4.69) is 77.9 Å². The Balaban J connectivity index is 0.000000145. The van der Waals surface area contributed by atoms with Crippen LogP contribution in [0.4, 0.5) is 0 Å².